The van der Waals surface area contributed by atoms with Crippen LogP contribution in [0.25, 0.3) is 0 Å². The van der Waals surface area contributed by atoms with Crippen molar-refractivity contribution in [3.8, 4) is 0 Å². The van der Waals surface area contributed by atoms with Crippen LogP contribution >= 0.6 is 24.0 Å². The van der Waals surface area contributed by atoms with Crippen LogP contribution in [0.1, 0.15) is 42.8 Å². The molecule has 0 bridgehead atoms. The Morgan fingerprint density at radius 2 is 1.97 bits per heavy atom. The quantitative estimate of drug-likeness (QED) is 0.333. The summed E-state index contributed by atoms with van der Waals surface area (Å²) in [6.07, 6.45) is -4.60. The van der Waals surface area contributed by atoms with Crippen molar-refractivity contribution in [3.05, 3.63) is 47.1 Å². The van der Waals surface area contributed by atoms with E-state index in [1.54, 1.807) is 19.0 Å². The number of aromatic nitrogens is 2. The number of hydrogen-bond acceptors (Lipinski definition) is 5. The van der Waals surface area contributed by atoms with Gasteiger partial charge in [0.2, 0.25) is 5.89 Å². The van der Waals surface area contributed by atoms with Crippen molar-refractivity contribution < 1.29 is 22.4 Å². The van der Waals surface area contributed by atoms with E-state index in [9.17, 15) is 13.2 Å². The van der Waals surface area contributed by atoms with Gasteiger partial charge in [-0.15, -0.1) is 24.0 Å². The highest BCUT2D eigenvalue weighted by molar-refractivity contribution is 14.0. The molecule has 0 spiro atoms. The number of aliphatic imine (C=N–C) groups is 1. The fourth-order valence-electron chi connectivity index (χ4n) is 2.52. The van der Waals surface area contributed by atoms with Gasteiger partial charge in [-0.3, -0.25) is 4.99 Å². The lowest BCUT2D eigenvalue weighted by molar-refractivity contribution is -0.137. The summed E-state index contributed by atoms with van der Waals surface area (Å²) in [5.41, 5.74) is 0.0546. The van der Waals surface area contributed by atoms with Crippen molar-refractivity contribution in [3.63, 3.8) is 0 Å². The lowest BCUT2D eigenvalue weighted by atomic mass is 10.1. The van der Waals surface area contributed by atoms with Crippen LogP contribution in [-0.4, -0.2) is 41.7 Å². The van der Waals surface area contributed by atoms with Gasteiger partial charge < -0.3 is 19.5 Å². The maximum absolute atomic E-state index is 12.7. The standard InChI is InChI=1S/C18H24F3N5O2.HI/c1-5-27-12(2)16-24-15(28-25-16)10-23-17(22-3)26(4)11-13-6-8-14(9-7-13)18(19,20)21;/h6-9,12H,5,10-11H2,1-4H3,(H,22,23);1H. The summed E-state index contributed by atoms with van der Waals surface area (Å²) < 4.78 is 48.6. The summed E-state index contributed by atoms with van der Waals surface area (Å²) in [5, 5.41) is 6.97. The molecule has 2 rings (SSSR count). The number of rotatable bonds is 7. The molecule has 0 amide bonds. The van der Waals surface area contributed by atoms with E-state index < -0.39 is 11.7 Å². The third-order valence-corrected chi connectivity index (χ3v) is 3.94. The molecular formula is C18H25F3IN5O2. The van der Waals surface area contributed by atoms with Gasteiger partial charge in [0.15, 0.2) is 11.8 Å². The highest BCUT2D eigenvalue weighted by atomic mass is 127. The molecule has 0 aliphatic heterocycles. The second-order valence-electron chi connectivity index (χ2n) is 6.10. The maximum atomic E-state index is 12.7. The van der Waals surface area contributed by atoms with E-state index in [-0.39, 0.29) is 36.6 Å². The number of benzene rings is 1. The predicted molar refractivity (Wildman–Crippen MR) is 113 cm³/mol. The molecule has 11 heteroatoms. The molecule has 29 heavy (non-hydrogen) atoms. The van der Waals surface area contributed by atoms with Crippen LogP contribution in [0.4, 0.5) is 13.2 Å². The zero-order valence-corrected chi connectivity index (χ0v) is 19.0. The highest BCUT2D eigenvalue weighted by Gasteiger charge is 2.30. The third kappa shape index (κ3) is 7.46. The van der Waals surface area contributed by atoms with Gasteiger partial charge in [-0.25, -0.2) is 0 Å². The van der Waals surface area contributed by atoms with Gasteiger partial charge in [-0.1, -0.05) is 17.3 Å². The number of guanidine groups is 1. The Kier molecular flexibility index (Phi) is 9.83. The third-order valence-electron chi connectivity index (χ3n) is 3.94. The molecule has 1 atom stereocenters. The van der Waals surface area contributed by atoms with Crippen LogP contribution in [0.5, 0.6) is 0 Å². The van der Waals surface area contributed by atoms with Crippen LogP contribution in [0, 0.1) is 0 Å². The first-order chi connectivity index (χ1) is 13.2. The summed E-state index contributed by atoms with van der Waals surface area (Å²) >= 11 is 0. The SMILES string of the molecule is CCOC(C)c1noc(CNC(=NC)N(C)Cc2ccc(C(F)(F)F)cc2)n1.I. The van der Waals surface area contributed by atoms with E-state index in [1.165, 1.54) is 12.1 Å². The number of halogens is 4. The Morgan fingerprint density at radius 1 is 1.31 bits per heavy atom. The summed E-state index contributed by atoms with van der Waals surface area (Å²) in [6, 6.07) is 5.04. The van der Waals surface area contributed by atoms with E-state index in [2.05, 4.69) is 20.4 Å². The zero-order chi connectivity index (χ0) is 20.7. The van der Waals surface area contributed by atoms with Gasteiger partial charge in [-0.2, -0.15) is 18.2 Å². The molecule has 162 valence electrons. The van der Waals surface area contributed by atoms with Crippen molar-refractivity contribution >= 4 is 29.9 Å². The number of ether oxygens (including phenoxy) is 1. The Bertz CT molecular complexity index is 781. The minimum absolute atomic E-state index is 0. The second kappa shape index (κ2) is 11.3. The van der Waals surface area contributed by atoms with Crippen LogP contribution in [0.15, 0.2) is 33.8 Å². The lowest BCUT2D eigenvalue weighted by Gasteiger charge is -2.21. The molecule has 1 aromatic carbocycles. The monoisotopic (exact) mass is 527 g/mol. The van der Waals surface area contributed by atoms with E-state index in [4.69, 9.17) is 9.26 Å². The van der Waals surface area contributed by atoms with E-state index in [1.807, 2.05) is 13.8 Å². The topological polar surface area (TPSA) is 75.8 Å². The first-order valence-corrected chi connectivity index (χ1v) is 8.76. The summed E-state index contributed by atoms with van der Waals surface area (Å²) in [7, 11) is 3.39. The zero-order valence-electron chi connectivity index (χ0n) is 16.7. The molecule has 1 N–H and O–H groups in total. The molecule has 0 radical (unpaired) electrons. The maximum Gasteiger partial charge on any atom is 0.416 e. The Labute approximate surface area is 184 Å². The molecule has 0 saturated heterocycles. The van der Waals surface area contributed by atoms with E-state index >= 15 is 0 Å². The van der Waals surface area contributed by atoms with Crippen LogP contribution < -0.4 is 5.32 Å². The van der Waals surface area contributed by atoms with Crippen LogP contribution in [-0.2, 0) is 24.0 Å². The average molecular weight is 527 g/mol. The Hall–Kier alpha value is -1.89. The van der Waals surface area contributed by atoms with Gasteiger partial charge in [0.25, 0.3) is 0 Å². The molecule has 0 saturated carbocycles. The molecule has 1 unspecified atom stereocenters. The molecule has 0 aliphatic rings. The molecule has 1 aromatic heterocycles. The number of nitrogens with one attached hydrogen (secondary N) is 1. The molecular weight excluding hydrogens is 502 g/mol. The summed E-state index contributed by atoms with van der Waals surface area (Å²) in [4.78, 5) is 10.2. The number of nitrogens with zero attached hydrogens (tertiary/aromatic N) is 4. The smallest absolute Gasteiger partial charge is 0.371 e. The van der Waals surface area contributed by atoms with E-state index in [0.717, 1.165) is 17.7 Å². The van der Waals surface area contributed by atoms with Crippen molar-refractivity contribution in [1.29, 1.82) is 0 Å². The molecule has 0 aliphatic carbocycles. The fourth-order valence-corrected chi connectivity index (χ4v) is 2.52. The highest BCUT2D eigenvalue weighted by Crippen LogP contribution is 2.29. The first kappa shape index (κ1) is 25.1. The van der Waals surface area contributed by atoms with Crippen molar-refractivity contribution in [2.24, 2.45) is 4.99 Å². The van der Waals surface area contributed by atoms with E-state index in [0.29, 0.717) is 30.8 Å². The predicted octanol–water partition coefficient (Wildman–Crippen LogP) is 4.01. The van der Waals surface area contributed by atoms with Gasteiger partial charge in [-0.05, 0) is 31.5 Å². The largest absolute Gasteiger partial charge is 0.416 e. The minimum Gasteiger partial charge on any atom is -0.371 e. The van der Waals surface area contributed by atoms with Gasteiger partial charge >= 0.3 is 6.18 Å². The van der Waals surface area contributed by atoms with Crippen molar-refractivity contribution in [2.45, 2.75) is 39.2 Å². The van der Waals surface area contributed by atoms with Crippen molar-refractivity contribution in [2.75, 3.05) is 20.7 Å². The van der Waals surface area contributed by atoms with Gasteiger partial charge in [0.05, 0.1) is 12.1 Å². The summed E-state index contributed by atoms with van der Waals surface area (Å²) in [5.74, 6) is 1.38. The molecule has 7 nitrogen and oxygen atoms in total. The number of alkyl halides is 3. The average Bonchev–Trinajstić information content (AvgIpc) is 3.11. The van der Waals surface area contributed by atoms with Crippen molar-refractivity contribution in [1.82, 2.24) is 20.4 Å². The molecule has 2 aromatic rings. The van der Waals surface area contributed by atoms with Gasteiger partial charge in [0.1, 0.15) is 6.10 Å². The summed E-state index contributed by atoms with van der Waals surface area (Å²) in [6.45, 7) is 4.91. The molecule has 0 fully saturated rings. The second-order valence-corrected chi connectivity index (χ2v) is 6.10. The molecule has 1 heterocycles. The van der Waals surface area contributed by atoms with Gasteiger partial charge in [0, 0.05) is 27.2 Å². The fraction of sp³-hybridized carbons (Fsp3) is 0.500. The normalized spacial score (nSPS) is 13.0. The first-order valence-electron chi connectivity index (χ1n) is 8.76. The van der Waals surface area contributed by atoms with Crippen LogP contribution in [0.3, 0.4) is 0 Å². The lowest BCUT2D eigenvalue weighted by Crippen LogP contribution is -2.38. The number of hydrogen-bond donors (Lipinski definition) is 1. The Morgan fingerprint density at radius 3 is 2.52 bits per heavy atom. The minimum atomic E-state index is -4.34. The Balaban J connectivity index is 0.00000420. The van der Waals surface area contributed by atoms with Crippen LogP contribution in [0.2, 0.25) is 0 Å².